The lowest BCUT2D eigenvalue weighted by atomic mass is 10.3. The van der Waals surface area contributed by atoms with Gasteiger partial charge in [0, 0.05) is 12.0 Å². The number of carbonyl (C=O) groups is 1. The highest BCUT2D eigenvalue weighted by Crippen LogP contribution is 2.44. The summed E-state index contributed by atoms with van der Waals surface area (Å²) in [7, 11) is 0. The van der Waals surface area contributed by atoms with Gasteiger partial charge in [-0.2, -0.15) is 0 Å². The molecule has 0 spiro atoms. The quantitative estimate of drug-likeness (QED) is 0.904. The molecule has 0 aromatic carbocycles. The maximum absolute atomic E-state index is 12.0. The van der Waals surface area contributed by atoms with Crippen molar-refractivity contribution in [1.29, 1.82) is 0 Å². The SMILES string of the molecule is Cc1ncoc1C(=O)NCc1nnc(C2CC2)n1C1CC1. The van der Waals surface area contributed by atoms with E-state index in [1.807, 2.05) is 0 Å². The van der Waals surface area contributed by atoms with Crippen molar-refractivity contribution in [3.63, 3.8) is 0 Å². The average molecular weight is 287 g/mol. The zero-order valence-corrected chi connectivity index (χ0v) is 11.9. The number of aromatic nitrogens is 4. The van der Waals surface area contributed by atoms with E-state index in [1.165, 1.54) is 32.1 Å². The Bertz CT molecular complexity index is 681. The van der Waals surface area contributed by atoms with E-state index in [-0.39, 0.29) is 11.7 Å². The summed E-state index contributed by atoms with van der Waals surface area (Å²) in [5.74, 6) is 2.50. The van der Waals surface area contributed by atoms with Gasteiger partial charge in [-0.3, -0.25) is 4.79 Å². The lowest BCUT2D eigenvalue weighted by Crippen LogP contribution is -2.25. The second-order valence-electron chi connectivity index (χ2n) is 5.80. The molecule has 0 atom stereocenters. The standard InChI is InChI=1S/C14H17N5O2/c1-8-12(21-7-16-8)14(20)15-6-11-17-18-13(9-2-3-9)19(11)10-4-5-10/h7,9-10H,2-6H2,1H3,(H,15,20). The van der Waals surface area contributed by atoms with E-state index in [0.29, 0.717) is 24.2 Å². The summed E-state index contributed by atoms with van der Waals surface area (Å²) >= 11 is 0. The molecule has 110 valence electrons. The van der Waals surface area contributed by atoms with Crippen LogP contribution in [0.2, 0.25) is 0 Å². The van der Waals surface area contributed by atoms with Crippen molar-refractivity contribution in [2.45, 2.75) is 51.1 Å². The van der Waals surface area contributed by atoms with Gasteiger partial charge in [0.1, 0.15) is 5.82 Å². The first kappa shape index (κ1) is 12.6. The summed E-state index contributed by atoms with van der Waals surface area (Å²) in [6, 6.07) is 0.523. The molecule has 2 fully saturated rings. The van der Waals surface area contributed by atoms with Gasteiger partial charge in [-0.1, -0.05) is 0 Å². The van der Waals surface area contributed by atoms with Crippen molar-refractivity contribution in [3.05, 3.63) is 29.5 Å². The van der Waals surface area contributed by atoms with Crippen LogP contribution in [0.1, 0.15) is 65.5 Å². The second kappa shape index (κ2) is 4.68. The van der Waals surface area contributed by atoms with Gasteiger partial charge in [0.05, 0.1) is 12.2 Å². The predicted molar refractivity (Wildman–Crippen MR) is 72.7 cm³/mol. The summed E-state index contributed by atoms with van der Waals surface area (Å²) in [5.41, 5.74) is 0.592. The summed E-state index contributed by atoms with van der Waals surface area (Å²) in [6.07, 6.45) is 6.05. The minimum absolute atomic E-state index is 0.259. The fourth-order valence-electron chi connectivity index (χ4n) is 2.57. The minimum atomic E-state index is -0.261. The van der Waals surface area contributed by atoms with E-state index in [9.17, 15) is 4.79 Å². The van der Waals surface area contributed by atoms with Crippen molar-refractivity contribution >= 4 is 5.91 Å². The highest BCUT2D eigenvalue weighted by Gasteiger charge is 2.36. The van der Waals surface area contributed by atoms with Crippen LogP contribution in [0.3, 0.4) is 0 Å². The number of carbonyl (C=O) groups excluding carboxylic acids is 1. The lowest BCUT2D eigenvalue weighted by Gasteiger charge is -2.09. The Morgan fingerprint density at radius 3 is 2.81 bits per heavy atom. The molecule has 2 aromatic heterocycles. The lowest BCUT2D eigenvalue weighted by molar-refractivity contribution is 0.0920. The Morgan fingerprint density at radius 2 is 2.19 bits per heavy atom. The molecule has 0 unspecified atom stereocenters. The zero-order chi connectivity index (χ0) is 14.4. The van der Waals surface area contributed by atoms with Crippen LogP contribution < -0.4 is 5.32 Å². The molecule has 4 rings (SSSR count). The Morgan fingerprint density at radius 1 is 1.38 bits per heavy atom. The van der Waals surface area contributed by atoms with Gasteiger partial charge < -0.3 is 14.3 Å². The zero-order valence-electron chi connectivity index (χ0n) is 11.9. The van der Waals surface area contributed by atoms with Crippen LogP contribution in [0.5, 0.6) is 0 Å². The number of nitrogens with one attached hydrogen (secondary N) is 1. The van der Waals surface area contributed by atoms with Crippen LogP contribution in [0.4, 0.5) is 0 Å². The van der Waals surface area contributed by atoms with Crippen molar-refractivity contribution in [2.75, 3.05) is 0 Å². The number of amides is 1. The van der Waals surface area contributed by atoms with Gasteiger partial charge in [0.2, 0.25) is 5.76 Å². The maximum atomic E-state index is 12.0. The molecule has 0 bridgehead atoms. The van der Waals surface area contributed by atoms with Crippen LogP contribution in [0, 0.1) is 6.92 Å². The first-order valence-electron chi connectivity index (χ1n) is 7.36. The number of nitrogens with zero attached hydrogens (tertiary/aromatic N) is 4. The third-order valence-electron chi connectivity index (χ3n) is 4.01. The van der Waals surface area contributed by atoms with E-state index in [0.717, 1.165) is 11.6 Å². The number of aryl methyl sites for hydroxylation is 1. The van der Waals surface area contributed by atoms with E-state index in [1.54, 1.807) is 6.92 Å². The van der Waals surface area contributed by atoms with Crippen LogP contribution in [-0.4, -0.2) is 25.7 Å². The van der Waals surface area contributed by atoms with Gasteiger partial charge >= 0.3 is 0 Å². The number of hydrogen-bond donors (Lipinski definition) is 1. The van der Waals surface area contributed by atoms with Crippen LogP contribution in [0.25, 0.3) is 0 Å². The minimum Gasteiger partial charge on any atom is -0.438 e. The monoisotopic (exact) mass is 287 g/mol. The Kier molecular flexibility index (Phi) is 2.80. The van der Waals surface area contributed by atoms with Crippen LogP contribution in [0.15, 0.2) is 10.8 Å². The van der Waals surface area contributed by atoms with Crippen molar-refractivity contribution < 1.29 is 9.21 Å². The molecule has 2 aliphatic carbocycles. The van der Waals surface area contributed by atoms with Gasteiger partial charge in [-0.15, -0.1) is 10.2 Å². The normalized spacial score (nSPS) is 18.0. The van der Waals surface area contributed by atoms with E-state index < -0.39 is 0 Å². The third-order valence-corrected chi connectivity index (χ3v) is 4.01. The molecule has 1 amide bonds. The molecule has 0 aliphatic heterocycles. The summed E-state index contributed by atoms with van der Waals surface area (Å²) in [4.78, 5) is 16.0. The molecule has 0 radical (unpaired) electrons. The summed E-state index contributed by atoms with van der Waals surface area (Å²) in [5, 5.41) is 11.4. The average Bonchev–Trinajstić information content (AvgIpc) is 3.40. The Balaban J connectivity index is 1.50. The topological polar surface area (TPSA) is 85.8 Å². The second-order valence-corrected chi connectivity index (χ2v) is 5.80. The summed E-state index contributed by atoms with van der Waals surface area (Å²) < 4.78 is 7.32. The first-order valence-corrected chi connectivity index (χ1v) is 7.36. The van der Waals surface area contributed by atoms with E-state index >= 15 is 0 Å². The molecular formula is C14H17N5O2. The Labute approximate surface area is 121 Å². The van der Waals surface area contributed by atoms with E-state index in [4.69, 9.17) is 4.42 Å². The molecule has 2 aromatic rings. The molecule has 2 saturated carbocycles. The molecular weight excluding hydrogens is 270 g/mol. The number of hydrogen-bond acceptors (Lipinski definition) is 5. The maximum Gasteiger partial charge on any atom is 0.289 e. The van der Waals surface area contributed by atoms with Gasteiger partial charge in [-0.25, -0.2) is 4.98 Å². The smallest absolute Gasteiger partial charge is 0.289 e. The third kappa shape index (κ3) is 2.32. The number of rotatable bonds is 5. The Hall–Kier alpha value is -2.18. The molecule has 21 heavy (non-hydrogen) atoms. The molecule has 0 saturated heterocycles. The van der Waals surface area contributed by atoms with Gasteiger partial charge in [0.15, 0.2) is 12.2 Å². The first-order chi connectivity index (χ1) is 10.2. The van der Waals surface area contributed by atoms with Crippen LogP contribution in [-0.2, 0) is 6.54 Å². The highest BCUT2D eigenvalue weighted by molar-refractivity contribution is 5.92. The molecule has 7 nitrogen and oxygen atoms in total. The molecule has 2 aliphatic rings. The fraction of sp³-hybridized carbons (Fsp3) is 0.571. The van der Waals surface area contributed by atoms with Gasteiger partial charge in [-0.05, 0) is 32.6 Å². The van der Waals surface area contributed by atoms with Crippen molar-refractivity contribution in [2.24, 2.45) is 0 Å². The summed E-state index contributed by atoms with van der Waals surface area (Å²) in [6.45, 7) is 2.12. The molecule has 2 heterocycles. The largest absolute Gasteiger partial charge is 0.438 e. The van der Waals surface area contributed by atoms with Crippen LogP contribution >= 0.6 is 0 Å². The predicted octanol–water partition coefficient (Wildman–Crippen LogP) is 1.72. The molecule has 1 N–H and O–H groups in total. The molecule has 7 heteroatoms. The fourth-order valence-corrected chi connectivity index (χ4v) is 2.57. The van der Waals surface area contributed by atoms with Gasteiger partial charge in [0.25, 0.3) is 5.91 Å². The van der Waals surface area contributed by atoms with Crippen molar-refractivity contribution in [3.8, 4) is 0 Å². The van der Waals surface area contributed by atoms with E-state index in [2.05, 4.69) is 25.1 Å². The number of oxazole rings is 1. The highest BCUT2D eigenvalue weighted by atomic mass is 16.3. The van der Waals surface area contributed by atoms with Crippen molar-refractivity contribution in [1.82, 2.24) is 25.1 Å².